The number of carbonyl (C=O) groups is 3. The molecule has 0 atom stereocenters. The number of halogens is 2. The van der Waals surface area contributed by atoms with Crippen LogP contribution < -0.4 is 15.5 Å². The number of carbonyl (C=O) groups excluding carboxylic acids is 3. The highest BCUT2D eigenvalue weighted by Crippen LogP contribution is 2.33. The normalized spacial score (nSPS) is 13.0. The Hall–Kier alpha value is -3.20. The third-order valence-corrected chi connectivity index (χ3v) is 5.32. The molecule has 0 saturated carbocycles. The fourth-order valence-electron chi connectivity index (χ4n) is 3.09. The highest BCUT2D eigenvalue weighted by Gasteiger charge is 2.26. The van der Waals surface area contributed by atoms with Gasteiger partial charge in [0.2, 0.25) is 5.91 Å². The average Bonchev–Trinajstić information content (AvgIpc) is 2.81. The molecule has 0 radical (unpaired) electrons. The van der Waals surface area contributed by atoms with E-state index in [1.165, 1.54) is 30.2 Å². The van der Waals surface area contributed by atoms with Crippen LogP contribution in [0, 0.1) is 19.7 Å². The summed E-state index contributed by atoms with van der Waals surface area (Å²) >= 11 is 3.17. The lowest BCUT2D eigenvalue weighted by molar-refractivity contribution is -0.139. The molecule has 9 heteroatoms. The van der Waals surface area contributed by atoms with E-state index < -0.39 is 23.6 Å². The zero-order valence-corrected chi connectivity index (χ0v) is 18.8. The minimum absolute atomic E-state index is 0.0100. The zero-order chi connectivity index (χ0) is 22.7. The summed E-state index contributed by atoms with van der Waals surface area (Å²) in [5.74, 6) is -2.16. The van der Waals surface area contributed by atoms with Crippen LogP contribution in [0.1, 0.15) is 17.5 Å². The lowest BCUT2D eigenvalue weighted by Gasteiger charge is -2.23. The number of benzene rings is 2. The van der Waals surface area contributed by atoms with Gasteiger partial charge in [0.15, 0.2) is 0 Å². The first-order valence-corrected chi connectivity index (χ1v) is 10.2. The van der Waals surface area contributed by atoms with E-state index in [9.17, 15) is 18.8 Å². The van der Waals surface area contributed by atoms with Gasteiger partial charge in [-0.25, -0.2) is 4.39 Å². The molecule has 0 bridgehead atoms. The second-order valence-corrected chi connectivity index (χ2v) is 8.01. The SMILES string of the molecule is COC(=O)CC1=CC(=O)N(CC(=O)Nc2ccc(Br)cc2F)c2cc(C)c(C)cc2N1. The first-order chi connectivity index (χ1) is 14.7. The Balaban J connectivity index is 1.92. The number of ether oxygens (including phenoxy) is 1. The van der Waals surface area contributed by atoms with Gasteiger partial charge in [0.1, 0.15) is 12.4 Å². The third kappa shape index (κ3) is 5.29. The summed E-state index contributed by atoms with van der Waals surface area (Å²) in [7, 11) is 1.26. The maximum Gasteiger partial charge on any atom is 0.311 e. The molecule has 0 fully saturated rings. The average molecular weight is 490 g/mol. The Labute approximate surface area is 187 Å². The molecule has 2 N–H and O–H groups in total. The first kappa shape index (κ1) is 22.5. The molecule has 1 aliphatic rings. The van der Waals surface area contributed by atoms with Crippen LogP contribution >= 0.6 is 15.9 Å². The van der Waals surface area contributed by atoms with E-state index >= 15 is 0 Å². The molecule has 1 heterocycles. The summed E-state index contributed by atoms with van der Waals surface area (Å²) < 4.78 is 19.3. The van der Waals surface area contributed by atoms with Crippen molar-refractivity contribution in [1.82, 2.24) is 0 Å². The Kier molecular flexibility index (Phi) is 6.74. The van der Waals surface area contributed by atoms with Gasteiger partial charge in [0.05, 0.1) is 30.6 Å². The fourth-order valence-corrected chi connectivity index (χ4v) is 3.42. The number of nitrogens with one attached hydrogen (secondary N) is 2. The van der Waals surface area contributed by atoms with Crippen LogP contribution in [0.15, 0.2) is 46.6 Å². The quantitative estimate of drug-likeness (QED) is 0.618. The molecule has 0 saturated heterocycles. The van der Waals surface area contributed by atoms with Crippen LogP contribution in [-0.4, -0.2) is 31.4 Å². The molecular weight excluding hydrogens is 469 g/mol. The molecule has 0 spiro atoms. The number of fused-ring (bicyclic) bond motifs is 1. The van der Waals surface area contributed by atoms with Crippen molar-refractivity contribution in [2.45, 2.75) is 20.3 Å². The molecule has 3 rings (SSSR count). The van der Waals surface area contributed by atoms with Crippen molar-refractivity contribution in [3.8, 4) is 0 Å². The summed E-state index contributed by atoms with van der Waals surface area (Å²) in [5.41, 5.74) is 3.31. The number of nitrogens with zero attached hydrogens (tertiary/aromatic N) is 1. The number of rotatable bonds is 5. The van der Waals surface area contributed by atoms with Crippen molar-refractivity contribution in [2.75, 3.05) is 29.2 Å². The predicted octanol–water partition coefficient (Wildman–Crippen LogP) is 4.05. The van der Waals surface area contributed by atoms with E-state index in [1.807, 2.05) is 19.9 Å². The molecule has 0 unspecified atom stereocenters. The number of methoxy groups -OCH3 is 1. The van der Waals surface area contributed by atoms with Gasteiger partial charge in [-0.1, -0.05) is 15.9 Å². The molecular formula is C22H21BrFN3O4. The van der Waals surface area contributed by atoms with Crippen molar-refractivity contribution in [3.05, 3.63) is 63.5 Å². The van der Waals surface area contributed by atoms with Crippen molar-refractivity contribution in [2.24, 2.45) is 0 Å². The largest absolute Gasteiger partial charge is 0.469 e. The van der Waals surface area contributed by atoms with Gasteiger partial charge in [-0.15, -0.1) is 0 Å². The van der Waals surface area contributed by atoms with E-state index in [2.05, 4.69) is 31.3 Å². The summed E-state index contributed by atoms with van der Waals surface area (Å²) in [6, 6.07) is 7.90. The van der Waals surface area contributed by atoms with E-state index in [0.717, 1.165) is 11.1 Å². The van der Waals surface area contributed by atoms with Crippen LogP contribution in [0.5, 0.6) is 0 Å². The maximum absolute atomic E-state index is 14.1. The fraction of sp³-hybridized carbons (Fsp3) is 0.227. The topological polar surface area (TPSA) is 87.7 Å². The highest BCUT2D eigenvalue weighted by molar-refractivity contribution is 9.10. The second-order valence-electron chi connectivity index (χ2n) is 7.10. The standard InChI is InChI=1S/C22H21BrFN3O4/c1-12-6-18-19(7-13(12)2)27(21(29)9-15(25-18)10-22(30)31-3)11-20(28)26-17-5-4-14(23)8-16(17)24/h4-9,25H,10-11H2,1-3H3,(H,26,28). The molecule has 0 aliphatic carbocycles. The highest BCUT2D eigenvalue weighted by atomic mass is 79.9. The molecule has 7 nitrogen and oxygen atoms in total. The van der Waals surface area contributed by atoms with Crippen molar-refractivity contribution in [3.63, 3.8) is 0 Å². The summed E-state index contributed by atoms with van der Waals surface area (Å²) in [4.78, 5) is 38.6. The smallest absolute Gasteiger partial charge is 0.311 e. The Morgan fingerprint density at radius 1 is 1.19 bits per heavy atom. The summed E-state index contributed by atoms with van der Waals surface area (Å²) in [6.07, 6.45) is 1.13. The van der Waals surface area contributed by atoms with Crippen LogP contribution in [0.25, 0.3) is 0 Å². The minimum Gasteiger partial charge on any atom is -0.469 e. The van der Waals surface area contributed by atoms with Crippen molar-refractivity contribution >= 4 is 50.8 Å². The summed E-state index contributed by atoms with van der Waals surface area (Å²) in [5, 5.41) is 5.58. The minimum atomic E-state index is -0.598. The lowest BCUT2D eigenvalue weighted by atomic mass is 10.1. The molecule has 1 aliphatic heterocycles. The molecule has 2 amide bonds. The maximum atomic E-state index is 14.1. The number of anilines is 3. The predicted molar refractivity (Wildman–Crippen MR) is 119 cm³/mol. The van der Waals surface area contributed by atoms with Crippen LogP contribution in [-0.2, 0) is 19.1 Å². The third-order valence-electron chi connectivity index (χ3n) is 4.83. The van der Waals surface area contributed by atoms with Gasteiger partial charge < -0.3 is 15.4 Å². The van der Waals surface area contributed by atoms with Gasteiger partial charge in [0.25, 0.3) is 5.91 Å². The number of aryl methyl sites for hydroxylation is 2. The van der Waals surface area contributed by atoms with Crippen molar-refractivity contribution in [1.29, 1.82) is 0 Å². The molecule has 162 valence electrons. The van der Waals surface area contributed by atoms with Gasteiger partial charge in [-0.3, -0.25) is 19.3 Å². The van der Waals surface area contributed by atoms with Gasteiger partial charge in [-0.05, 0) is 55.3 Å². The number of hydrogen-bond donors (Lipinski definition) is 2. The summed E-state index contributed by atoms with van der Waals surface area (Å²) in [6.45, 7) is 3.47. The van der Waals surface area contributed by atoms with Gasteiger partial charge >= 0.3 is 5.97 Å². The molecule has 31 heavy (non-hydrogen) atoms. The first-order valence-electron chi connectivity index (χ1n) is 9.40. The molecule has 0 aromatic heterocycles. The van der Waals surface area contributed by atoms with E-state index in [1.54, 1.807) is 12.1 Å². The van der Waals surface area contributed by atoms with E-state index in [0.29, 0.717) is 21.5 Å². The Morgan fingerprint density at radius 3 is 2.58 bits per heavy atom. The Bertz CT molecular complexity index is 1100. The molecule has 2 aromatic carbocycles. The molecule has 2 aromatic rings. The Morgan fingerprint density at radius 2 is 1.90 bits per heavy atom. The van der Waals surface area contributed by atoms with E-state index in [-0.39, 0.29) is 18.7 Å². The van der Waals surface area contributed by atoms with Gasteiger partial charge in [-0.2, -0.15) is 0 Å². The van der Waals surface area contributed by atoms with Crippen molar-refractivity contribution < 1.29 is 23.5 Å². The van der Waals surface area contributed by atoms with Crippen LogP contribution in [0.3, 0.4) is 0 Å². The number of hydrogen-bond acceptors (Lipinski definition) is 5. The number of esters is 1. The monoisotopic (exact) mass is 489 g/mol. The second kappa shape index (κ2) is 9.30. The van der Waals surface area contributed by atoms with E-state index in [4.69, 9.17) is 0 Å². The van der Waals surface area contributed by atoms with Gasteiger partial charge in [0, 0.05) is 16.2 Å². The number of amides is 2. The lowest BCUT2D eigenvalue weighted by Crippen LogP contribution is -2.37. The van der Waals surface area contributed by atoms with Crippen LogP contribution in [0.4, 0.5) is 21.5 Å². The zero-order valence-electron chi connectivity index (χ0n) is 17.2. The van der Waals surface area contributed by atoms with Crippen LogP contribution in [0.2, 0.25) is 0 Å².